The maximum absolute atomic E-state index is 12.0. The maximum atomic E-state index is 12.0. The fourth-order valence-corrected chi connectivity index (χ4v) is 2.22. The number of nitrogens with zero attached hydrogens (tertiary/aromatic N) is 1. The summed E-state index contributed by atoms with van der Waals surface area (Å²) >= 11 is 6.06. The van der Waals surface area contributed by atoms with Gasteiger partial charge in [-0.25, -0.2) is 4.79 Å². The Bertz CT molecular complexity index is 571. The van der Waals surface area contributed by atoms with Crippen molar-refractivity contribution in [3.63, 3.8) is 0 Å². The second-order valence-electron chi connectivity index (χ2n) is 5.14. The number of rotatable bonds is 1. The molecule has 2 N–H and O–H groups in total. The number of piperazine rings is 1. The van der Waals surface area contributed by atoms with Gasteiger partial charge in [0.1, 0.15) is 0 Å². The molecule has 1 atom stereocenters. The van der Waals surface area contributed by atoms with E-state index in [0.29, 0.717) is 5.02 Å². The Balaban J connectivity index is 1.92. The number of carbonyl (C=O) groups excluding carboxylic acids is 1. The second kappa shape index (κ2) is 7.35. The van der Waals surface area contributed by atoms with Gasteiger partial charge >= 0.3 is 6.03 Å². The van der Waals surface area contributed by atoms with Gasteiger partial charge in [0.25, 0.3) is 0 Å². The molecule has 1 saturated heterocycles. The fraction of sp³-hybridized carbons (Fsp3) is 0.438. The van der Waals surface area contributed by atoms with Crippen molar-refractivity contribution in [1.82, 2.24) is 15.5 Å². The molecule has 0 aliphatic carbocycles. The number of aryl methyl sites for hydroxylation is 1. The molecule has 1 aliphatic heterocycles. The minimum atomic E-state index is -0.201. The van der Waals surface area contributed by atoms with E-state index >= 15 is 0 Å². The van der Waals surface area contributed by atoms with Gasteiger partial charge in [0, 0.05) is 36.8 Å². The van der Waals surface area contributed by atoms with Crippen LogP contribution in [0.5, 0.6) is 0 Å². The lowest BCUT2D eigenvalue weighted by Gasteiger charge is -2.28. The predicted octanol–water partition coefficient (Wildman–Crippen LogP) is 2.00. The average Bonchev–Trinajstić information content (AvgIpc) is 2.49. The minimum Gasteiger partial charge on any atom is -0.325 e. The molecule has 0 saturated carbocycles. The fourth-order valence-electron chi connectivity index (χ4n) is 2.04. The number of nitrogens with one attached hydrogen (secondary N) is 2. The highest BCUT2D eigenvalue weighted by Gasteiger charge is 2.16. The lowest BCUT2D eigenvalue weighted by molar-refractivity contribution is 0.189. The summed E-state index contributed by atoms with van der Waals surface area (Å²) in [6, 6.07) is 5.46. The Hall–Kier alpha value is -1.70. The van der Waals surface area contributed by atoms with Crippen LogP contribution in [-0.4, -0.2) is 43.2 Å². The summed E-state index contributed by atoms with van der Waals surface area (Å²) in [6.07, 6.45) is 0. The highest BCUT2D eigenvalue weighted by atomic mass is 35.5. The molecule has 0 radical (unpaired) electrons. The van der Waals surface area contributed by atoms with Gasteiger partial charge in [0.2, 0.25) is 0 Å². The van der Waals surface area contributed by atoms with Crippen molar-refractivity contribution in [2.24, 2.45) is 0 Å². The molecule has 0 bridgehead atoms. The number of benzene rings is 1. The molecule has 1 unspecified atom stereocenters. The smallest absolute Gasteiger partial charge is 0.318 e. The summed E-state index contributed by atoms with van der Waals surface area (Å²) in [6.45, 7) is 6.99. The standard InChI is InChI=1S/C16H20ClN3O/c1-12-3-5-14(11-15(12)17)6-4-13(2)19-16(21)20-9-7-18-8-10-20/h3,5,11,13,18H,7-10H2,1-2H3,(H,19,21). The molecule has 112 valence electrons. The van der Waals surface area contributed by atoms with Crippen molar-refractivity contribution in [2.45, 2.75) is 19.9 Å². The van der Waals surface area contributed by atoms with E-state index in [9.17, 15) is 4.79 Å². The Labute approximate surface area is 130 Å². The van der Waals surface area contributed by atoms with Crippen LogP contribution in [-0.2, 0) is 0 Å². The van der Waals surface area contributed by atoms with Crippen molar-refractivity contribution in [3.05, 3.63) is 34.3 Å². The summed E-state index contributed by atoms with van der Waals surface area (Å²) in [7, 11) is 0. The van der Waals surface area contributed by atoms with Crippen LogP contribution >= 0.6 is 11.6 Å². The van der Waals surface area contributed by atoms with E-state index in [1.54, 1.807) is 4.90 Å². The summed E-state index contributed by atoms with van der Waals surface area (Å²) in [5.41, 5.74) is 1.89. The Morgan fingerprint density at radius 2 is 2.14 bits per heavy atom. The summed E-state index contributed by atoms with van der Waals surface area (Å²) < 4.78 is 0. The molecule has 1 aromatic carbocycles. The lowest BCUT2D eigenvalue weighted by Crippen LogP contribution is -2.51. The van der Waals surface area contributed by atoms with E-state index in [1.165, 1.54) is 0 Å². The first-order chi connectivity index (χ1) is 10.1. The van der Waals surface area contributed by atoms with Gasteiger partial charge in [-0.1, -0.05) is 29.5 Å². The van der Waals surface area contributed by atoms with Crippen LogP contribution < -0.4 is 10.6 Å². The first-order valence-electron chi connectivity index (χ1n) is 7.10. The molecular formula is C16H20ClN3O. The van der Waals surface area contributed by atoms with Crippen LogP contribution in [0.15, 0.2) is 18.2 Å². The first-order valence-corrected chi connectivity index (χ1v) is 7.48. The van der Waals surface area contributed by atoms with E-state index in [2.05, 4.69) is 22.5 Å². The molecule has 1 fully saturated rings. The molecule has 4 nitrogen and oxygen atoms in total. The van der Waals surface area contributed by atoms with Gasteiger partial charge in [0.05, 0.1) is 6.04 Å². The highest BCUT2D eigenvalue weighted by molar-refractivity contribution is 6.31. The molecule has 0 aromatic heterocycles. The molecule has 21 heavy (non-hydrogen) atoms. The molecule has 1 aliphatic rings. The molecule has 1 aromatic rings. The second-order valence-corrected chi connectivity index (χ2v) is 5.55. The average molecular weight is 306 g/mol. The highest BCUT2D eigenvalue weighted by Crippen LogP contribution is 2.15. The van der Waals surface area contributed by atoms with Crippen LogP contribution in [0.3, 0.4) is 0 Å². The number of carbonyl (C=O) groups is 1. The molecule has 2 rings (SSSR count). The van der Waals surface area contributed by atoms with Gasteiger partial charge < -0.3 is 15.5 Å². The third-order valence-electron chi connectivity index (χ3n) is 3.35. The topological polar surface area (TPSA) is 44.4 Å². The largest absolute Gasteiger partial charge is 0.325 e. The summed E-state index contributed by atoms with van der Waals surface area (Å²) in [4.78, 5) is 13.8. The molecule has 5 heteroatoms. The molecule has 1 heterocycles. The van der Waals surface area contributed by atoms with E-state index in [-0.39, 0.29) is 12.1 Å². The zero-order valence-corrected chi connectivity index (χ0v) is 13.1. The Kier molecular flexibility index (Phi) is 5.49. The van der Waals surface area contributed by atoms with Crippen LogP contribution in [0.2, 0.25) is 5.02 Å². The SMILES string of the molecule is Cc1ccc(C#CC(C)NC(=O)N2CCNCC2)cc1Cl. The number of urea groups is 1. The molecule has 0 spiro atoms. The van der Waals surface area contributed by atoms with E-state index < -0.39 is 0 Å². The predicted molar refractivity (Wildman–Crippen MR) is 85.5 cm³/mol. The molecular weight excluding hydrogens is 286 g/mol. The van der Waals surface area contributed by atoms with Crippen LogP contribution in [0.1, 0.15) is 18.1 Å². The van der Waals surface area contributed by atoms with Crippen molar-refractivity contribution < 1.29 is 4.79 Å². The van der Waals surface area contributed by atoms with Crippen molar-refractivity contribution >= 4 is 17.6 Å². The van der Waals surface area contributed by atoms with Crippen LogP contribution in [0.25, 0.3) is 0 Å². The zero-order chi connectivity index (χ0) is 15.2. The van der Waals surface area contributed by atoms with Crippen LogP contribution in [0.4, 0.5) is 4.79 Å². The van der Waals surface area contributed by atoms with Gasteiger partial charge in [-0.3, -0.25) is 0 Å². The normalized spacial score (nSPS) is 15.9. The van der Waals surface area contributed by atoms with Gasteiger partial charge in [-0.15, -0.1) is 0 Å². The zero-order valence-electron chi connectivity index (χ0n) is 12.4. The Morgan fingerprint density at radius 1 is 1.43 bits per heavy atom. The van der Waals surface area contributed by atoms with Gasteiger partial charge in [-0.05, 0) is 31.5 Å². The van der Waals surface area contributed by atoms with Gasteiger partial charge in [0.15, 0.2) is 0 Å². The van der Waals surface area contributed by atoms with Gasteiger partial charge in [-0.2, -0.15) is 0 Å². The van der Waals surface area contributed by atoms with Crippen LogP contribution in [0, 0.1) is 18.8 Å². The minimum absolute atomic E-state index is 0.0553. The quantitative estimate of drug-likeness (QED) is 0.780. The van der Waals surface area contributed by atoms with E-state index in [0.717, 1.165) is 37.3 Å². The lowest BCUT2D eigenvalue weighted by atomic mass is 10.1. The number of amides is 2. The maximum Gasteiger partial charge on any atom is 0.318 e. The van der Waals surface area contributed by atoms with Crippen molar-refractivity contribution in [1.29, 1.82) is 0 Å². The third kappa shape index (κ3) is 4.66. The van der Waals surface area contributed by atoms with Crippen molar-refractivity contribution in [2.75, 3.05) is 26.2 Å². The third-order valence-corrected chi connectivity index (χ3v) is 3.76. The summed E-state index contributed by atoms with van der Waals surface area (Å²) in [5, 5.41) is 6.82. The van der Waals surface area contributed by atoms with E-state index in [1.807, 2.05) is 32.0 Å². The summed E-state index contributed by atoms with van der Waals surface area (Å²) in [5.74, 6) is 6.07. The first kappa shape index (κ1) is 15.7. The monoisotopic (exact) mass is 305 g/mol. The number of hydrogen-bond acceptors (Lipinski definition) is 2. The number of halogens is 1. The van der Waals surface area contributed by atoms with Crippen molar-refractivity contribution in [3.8, 4) is 11.8 Å². The molecule has 2 amide bonds. The Morgan fingerprint density at radius 3 is 2.81 bits per heavy atom. The number of hydrogen-bond donors (Lipinski definition) is 2. The van der Waals surface area contributed by atoms with E-state index in [4.69, 9.17) is 11.6 Å².